The first-order valence-electron chi connectivity index (χ1n) is 11.1. The minimum absolute atomic E-state index is 0. The number of amides is 2. The van der Waals surface area contributed by atoms with Crippen molar-refractivity contribution >= 4 is 40.9 Å². The van der Waals surface area contributed by atoms with E-state index in [9.17, 15) is 22.8 Å². The zero-order valence-corrected chi connectivity index (χ0v) is 20.5. The minimum Gasteiger partial charge on any atom is -0.406 e. The van der Waals surface area contributed by atoms with Crippen LogP contribution >= 0.6 is 12.4 Å². The highest BCUT2D eigenvalue weighted by Crippen LogP contribution is 2.25. The number of anilines is 1. The molecule has 192 valence electrons. The molecule has 3 aromatic rings. The number of para-hydroxylation sites is 1. The fourth-order valence-corrected chi connectivity index (χ4v) is 4.08. The molecule has 4 rings (SSSR count). The number of halogens is 4. The first-order valence-corrected chi connectivity index (χ1v) is 11.1. The van der Waals surface area contributed by atoms with E-state index in [1.54, 1.807) is 25.1 Å². The zero-order chi connectivity index (χ0) is 25.2. The van der Waals surface area contributed by atoms with E-state index in [1.807, 2.05) is 24.3 Å². The summed E-state index contributed by atoms with van der Waals surface area (Å²) < 4.78 is 40.8. The number of nitrogens with zero attached hydrogens (tertiary/aromatic N) is 3. The van der Waals surface area contributed by atoms with Gasteiger partial charge >= 0.3 is 6.36 Å². The van der Waals surface area contributed by atoms with Gasteiger partial charge in [0, 0.05) is 38.6 Å². The van der Waals surface area contributed by atoms with Gasteiger partial charge in [0.25, 0.3) is 5.91 Å². The van der Waals surface area contributed by atoms with Gasteiger partial charge in [0.15, 0.2) is 0 Å². The molecule has 2 aromatic carbocycles. The second-order valence-corrected chi connectivity index (χ2v) is 8.61. The molecule has 36 heavy (non-hydrogen) atoms. The summed E-state index contributed by atoms with van der Waals surface area (Å²) in [5, 5.41) is 4.12. The maximum Gasteiger partial charge on any atom is 0.573 e. The lowest BCUT2D eigenvalue weighted by Gasteiger charge is -2.19. The van der Waals surface area contributed by atoms with Crippen LogP contribution < -0.4 is 10.1 Å². The average Bonchev–Trinajstić information content (AvgIpc) is 3.27. The molecule has 1 fully saturated rings. The number of nitrogens with one attached hydrogen (secondary N) is 1. The fraction of sp³-hybridized carbons (Fsp3) is 0.320. The second kappa shape index (κ2) is 11.0. The van der Waals surface area contributed by atoms with Crippen molar-refractivity contribution in [1.82, 2.24) is 14.8 Å². The Bertz CT molecular complexity index is 1240. The Morgan fingerprint density at radius 2 is 1.83 bits per heavy atom. The first kappa shape index (κ1) is 27.1. The van der Waals surface area contributed by atoms with Crippen LogP contribution in [-0.4, -0.2) is 66.2 Å². The molecule has 1 N–H and O–H groups in total. The number of hydrogen-bond donors (Lipinski definition) is 1. The first-order chi connectivity index (χ1) is 16.6. The van der Waals surface area contributed by atoms with Gasteiger partial charge in [0.2, 0.25) is 5.91 Å². The molecule has 1 aromatic heterocycles. The van der Waals surface area contributed by atoms with E-state index in [0.29, 0.717) is 42.0 Å². The number of likely N-dealkylation sites (tertiary alicyclic amines) is 1. The number of carbonyl (C=O) groups is 2. The third-order valence-corrected chi connectivity index (χ3v) is 5.76. The number of aromatic nitrogens is 1. The number of benzene rings is 2. The van der Waals surface area contributed by atoms with Crippen molar-refractivity contribution in [3.63, 3.8) is 0 Å². The standard InChI is InChI=1S/C25H25F3N4O3.ClH/c1-31(2)24(34)20-14-22(30-21-6-4-3-5-19(20)21)29-17-11-12-32(15-17)23(33)13-16-7-9-18(10-8-16)35-25(26,27)28;/h3-10,14,17H,11-13,15H2,1-2H3,(H,29,30);1H/t17-;/m0./s1. The maximum absolute atomic E-state index is 12.7. The van der Waals surface area contributed by atoms with Crippen LogP contribution in [-0.2, 0) is 11.2 Å². The van der Waals surface area contributed by atoms with Gasteiger partial charge < -0.3 is 19.9 Å². The van der Waals surface area contributed by atoms with Crippen molar-refractivity contribution in [2.75, 3.05) is 32.5 Å². The Hall–Kier alpha value is -3.53. The number of ether oxygens (including phenoxy) is 1. The molecule has 2 amide bonds. The molecule has 0 saturated carbocycles. The van der Waals surface area contributed by atoms with Crippen LogP contribution in [0.5, 0.6) is 5.75 Å². The molecule has 1 saturated heterocycles. The summed E-state index contributed by atoms with van der Waals surface area (Å²) in [6, 6.07) is 14.4. The molecule has 7 nitrogen and oxygen atoms in total. The predicted molar refractivity (Wildman–Crippen MR) is 132 cm³/mol. The highest BCUT2D eigenvalue weighted by molar-refractivity contribution is 6.06. The highest BCUT2D eigenvalue weighted by atomic mass is 35.5. The number of pyridine rings is 1. The van der Waals surface area contributed by atoms with Gasteiger partial charge in [-0.2, -0.15) is 0 Å². The molecule has 2 heterocycles. The number of rotatable bonds is 6. The molecule has 1 aliphatic heterocycles. The van der Waals surface area contributed by atoms with Crippen LogP contribution in [0.1, 0.15) is 22.3 Å². The third kappa shape index (κ3) is 6.57. The van der Waals surface area contributed by atoms with E-state index in [1.165, 1.54) is 29.2 Å². The number of carbonyl (C=O) groups excluding carboxylic acids is 2. The van der Waals surface area contributed by atoms with Gasteiger partial charge in [0.05, 0.1) is 17.5 Å². The molecule has 1 aliphatic rings. The van der Waals surface area contributed by atoms with E-state index < -0.39 is 6.36 Å². The van der Waals surface area contributed by atoms with Crippen molar-refractivity contribution in [3.05, 3.63) is 65.7 Å². The van der Waals surface area contributed by atoms with Crippen LogP contribution in [0.3, 0.4) is 0 Å². The topological polar surface area (TPSA) is 74.8 Å². The van der Waals surface area contributed by atoms with E-state index >= 15 is 0 Å². The monoisotopic (exact) mass is 522 g/mol. The van der Waals surface area contributed by atoms with Crippen molar-refractivity contribution in [2.24, 2.45) is 0 Å². The second-order valence-electron chi connectivity index (χ2n) is 8.61. The predicted octanol–water partition coefficient (Wildman–Crippen LogP) is 4.51. The van der Waals surface area contributed by atoms with Crippen LogP contribution in [0.2, 0.25) is 0 Å². The van der Waals surface area contributed by atoms with Gasteiger partial charge in [0.1, 0.15) is 11.6 Å². The molecule has 0 bridgehead atoms. The fourth-order valence-electron chi connectivity index (χ4n) is 4.08. The summed E-state index contributed by atoms with van der Waals surface area (Å²) >= 11 is 0. The number of hydrogen-bond acceptors (Lipinski definition) is 5. The Labute approximate surface area is 212 Å². The van der Waals surface area contributed by atoms with Crippen molar-refractivity contribution in [2.45, 2.75) is 25.2 Å². The van der Waals surface area contributed by atoms with Gasteiger partial charge in [-0.15, -0.1) is 25.6 Å². The van der Waals surface area contributed by atoms with Crippen molar-refractivity contribution in [3.8, 4) is 5.75 Å². The van der Waals surface area contributed by atoms with E-state index in [-0.39, 0.29) is 42.4 Å². The maximum atomic E-state index is 12.7. The summed E-state index contributed by atoms with van der Waals surface area (Å²) in [6.45, 7) is 1.00. The Morgan fingerprint density at radius 3 is 2.50 bits per heavy atom. The molecular weight excluding hydrogens is 497 g/mol. The largest absolute Gasteiger partial charge is 0.573 e. The molecule has 11 heteroatoms. The van der Waals surface area contributed by atoms with Gasteiger partial charge in [-0.1, -0.05) is 30.3 Å². The molecule has 1 atom stereocenters. The van der Waals surface area contributed by atoms with E-state index in [2.05, 4.69) is 15.0 Å². The van der Waals surface area contributed by atoms with Crippen LogP contribution in [0.4, 0.5) is 19.0 Å². The summed E-state index contributed by atoms with van der Waals surface area (Å²) in [7, 11) is 3.39. The normalized spacial score (nSPS) is 15.4. The summed E-state index contributed by atoms with van der Waals surface area (Å²) in [5.41, 5.74) is 1.85. The SMILES string of the molecule is CN(C)C(=O)c1cc(N[C@H]2CCN(C(=O)Cc3ccc(OC(F)(F)F)cc3)C2)nc2ccccc12.Cl. The summed E-state index contributed by atoms with van der Waals surface area (Å²) in [4.78, 5) is 33.3. The molecular formula is C25H26ClF3N4O3. The molecule has 0 unspecified atom stereocenters. The molecule has 0 radical (unpaired) electrons. The van der Waals surface area contributed by atoms with Crippen LogP contribution in [0.15, 0.2) is 54.6 Å². The molecule has 0 spiro atoms. The lowest BCUT2D eigenvalue weighted by atomic mass is 10.1. The minimum atomic E-state index is -4.75. The third-order valence-electron chi connectivity index (χ3n) is 5.76. The summed E-state index contributed by atoms with van der Waals surface area (Å²) in [6.07, 6.45) is -3.97. The molecule has 0 aliphatic carbocycles. The summed E-state index contributed by atoms with van der Waals surface area (Å²) in [5.74, 6) is -0.00199. The number of fused-ring (bicyclic) bond motifs is 1. The zero-order valence-electron chi connectivity index (χ0n) is 19.7. The van der Waals surface area contributed by atoms with E-state index in [0.717, 1.165) is 5.39 Å². The lowest BCUT2D eigenvalue weighted by molar-refractivity contribution is -0.274. The lowest BCUT2D eigenvalue weighted by Crippen LogP contribution is -2.32. The van der Waals surface area contributed by atoms with Gasteiger partial charge in [-0.05, 0) is 36.2 Å². The van der Waals surface area contributed by atoms with Crippen LogP contribution in [0, 0.1) is 0 Å². The average molecular weight is 523 g/mol. The van der Waals surface area contributed by atoms with Crippen molar-refractivity contribution < 1.29 is 27.5 Å². The Balaban J connectivity index is 0.00000361. The number of alkyl halides is 3. The quantitative estimate of drug-likeness (QED) is 0.515. The Morgan fingerprint density at radius 1 is 1.14 bits per heavy atom. The van der Waals surface area contributed by atoms with Gasteiger partial charge in [-0.3, -0.25) is 9.59 Å². The Kier molecular flexibility index (Phi) is 8.29. The van der Waals surface area contributed by atoms with Gasteiger partial charge in [-0.25, -0.2) is 4.98 Å². The van der Waals surface area contributed by atoms with E-state index in [4.69, 9.17) is 0 Å². The van der Waals surface area contributed by atoms with Crippen molar-refractivity contribution in [1.29, 1.82) is 0 Å². The highest BCUT2D eigenvalue weighted by Gasteiger charge is 2.31. The smallest absolute Gasteiger partial charge is 0.406 e. The van der Waals surface area contributed by atoms with Crippen LogP contribution in [0.25, 0.3) is 10.9 Å².